The molecule has 0 bridgehead atoms. The number of hydrogen-bond acceptors (Lipinski definition) is 6. The van der Waals surface area contributed by atoms with Gasteiger partial charge in [0.1, 0.15) is 11.1 Å². The summed E-state index contributed by atoms with van der Waals surface area (Å²) in [6, 6.07) is 10.3. The molecule has 3 rings (SSSR count). The molecule has 1 aliphatic heterocycles. The molecule has 0 spiro atoms. The Kier molecular flexibility index (Phi) is 6.93. The van der Waals surface area contributed by atoms with E-state index in [1.54, 1.807) is 29.3 Å². The van der Waals surface area contributed by atoms with Crippen LogP contribution in [0.25, 0.3) is 0 Å². The number of aromatic nitrogens is 1. The number of methoxy groups -OCH3 is 1. The van der Waals surface area contributed by atoms with E-state index >= 15 is 0 Å². The average molecular weight is 420 g/mol. The Balaban J connectivity index is 1.75. The molecule has 1 aromatic heterocycles. The quantitative estimate of drug-likeness (QED) is 0.548. The number of piperazine rings is 1. The fourth-order valence-electron chi connectivity index (χ4n) is 3.35. The zero-order valence-corrected chi connectivity index (χ0v) is 17.4. The number of nitrogens with zero attached hydrogens (tertiary/aromatic N) is 3. The van der Waals surface area contributed by atoms with Crippen molar-refractivity contribution in [2.24, 2.45) is 0 Å². The highest BCUT2D eigenvalue weighted by molar-refractivity contribution is 7.98. The molecule has 0 radical (unpaired) electrons. The van der Waals surface area contributed by atoms with Crippen molar-refractivity contribution in [2.75, 3.05) is 39.5 Å². The van der Waals surface area contributed by atoms with E-state index < -0.39 is 6.04 Å². The standard InChI is InChI=1S/C20H22ClN3O3S/c1-27-20(26)17(14-6-3-4-8-16(14)21)23-10-12-24(13-11-23)19(25)15-7-5-9-22-18(15)28-2/h3-9,17H,10-13H2,1-2H3/t17-/m0/s1. The Labute approximate surface area is 173 Å². The number of hydrogen-bond donors (Lipinski definition) is 0. The van der Waals surface area contributed by atoms with E-state index in [-0.39, 0.29) is 11.9 Å². The predicted molar refractivity (Wildman–Crippen MR) is 110 cm³/mol. The van der Waals surface area contributed by atoms with Gasteiger partial charge in [-0.2, -0.15) is 0 Å². The Morgan fingerprint density at radius 2 is 1.86 bits per heavy atom. The van der Waals surface area contributed by atoms with Crippen LogP contribution in [-0.4, -0.2) is 66.2 Å². The van der Waals surface area contributed by atoms with Crippen LogP contribution in [-0.2, 0) is 9.53 Å². The summed E-state index contributed by atoms with van der Waals surface area (Å²) in [6.45, 7) is 2.12. The molecule has 0 unspecified atom stereocenters. The van der Waals surface area contributed by atoms with Crippen molar-refractivity contribution in [3.05, 3.63) is 58.7 Å². The summed E-state index contributed by atoms with van der Waals surface area (Å²) in [7, 11) is 1.37. The van der Waals surface area contributed by atoms with E-state index in [9.17, 15) is 9.59 Å². The first-order valence-corrected chi connectivity index (χ1v) is 10.5. The Morgan fingerprint density at radius 1 is 1.14 bits per heavy atom. The molecule has 8 heteroatoms. The predicted octanol–water partition coefficient (Wildman–Crippen LogP) is 3.13. The van der Waals surface area contributed by atoms with Crippen molar-refractivity contribution in [3.8, 4) is 0 Å². The number of carbonyl (C=O) groups excluding carboxylic acids is 2. The molecule has 148 valence electrons. The molecule has 2 aromatic rings. The van der Waals surface area contributed by atoms with Gasteiger partial charge in [-0.25, -0.2) is 9.78 Å². The van der Waals surface area contributed by atoms with Crippen LogP contribution in [0.1, 0.15) is 22.0 Å². The van der Waals surface area contributed by atoms with Crippen LogP contribution in [0.3, 0.4) is 0 Å². The van der Waals surface area contributed by atoms with Gasteiger partial charge in [-0.05, 0) is 30.0 Å². The largest absolute Gasteiger partial charge is 0.468 e. The normalized spacial score (nSPS) is 15.9. The molecule has 28 heavy (non-hydrogen) atoms. The first kappa shape index (κ1) is 20.6. The van der Waals surface area contributed by atoms with Crippen molar-refractivity contribution in [1.29, 1.82) is 0 Å². The summed E-state index contributed by atoms with van der Waals surface area (Å²) in [5.41, 5.74) is 1.33. The molecule has 6 nitrogen and oxygen atoms in total. The average Bonchev–Trinajstić information content (AvgIpc) is 2.75. The maximum Gasteiger partial charge on any atom is 0.327 e. The van der Waals surface area contributed by atoms with Crippen molar-refractivity contribution in [2.45, 2.75) is 11.1 Å². The van der Waals surface area contributed by atoms with E-state index in [4.69, 9.17) is 16.3 Å². The molecule has 0 aliphatic carbocycles. The third-order valence-corrected chi connectivity index (χ3v) is 5.84. The summed E-state index contributed by atoms with van der Waals surface area (Å²) < 4.78 is 5.02. The molecule has 1 aliphatic rings. The van der Waals surface area contributed by atoms with Gasteiger partial charge in [0, 0.05) is 37.4 Å². The fourth-order valence-corrected chi connectivity index (χ4v) is 4.13. The van der Waals surface area contributed by atoms with Crippen molar-refractivity contribution < 1.29 is 14.3 Å². The highest BCUT2D eigenvalue weighted by atomic mass is 35.5. The highest BCUT2D eigenvalue weighted by Crippen LogP contribution is 2.30. The molecule has 1 atom stereocenters. The lowest BCUT2D eigenvalue weighted by Gasteiger charge is -2.38. The zero-order chi connectivity index (χ0) is 20.1. The molecule has 0 N–H and O–H groups in total. The minimum atomic E-state index is -0.587. The molecule has 1 aromatic carbocycles. The number of ether oxygens (including phenoxy) is 1. The van der Waals surface area contributed by atoms with Gasteiger partial charge in [-0.1, -0.05) is 29.8 Å². The monoisotopic (exact) mass is 419 g/mol. The van der Waals surface area contributed by atoms with Crippen LogP contribution in [0.2, 0.25) is 5.02 Å². The van der Waals surface area contributed by atoms with Gasteiger partial charge >= 0.3 is 5.97 Å². The lowest BCUT2D eigenvalue weighted by molar-refractivity contribution is -0.148. The van der Waals surface area contributed by atoms with Crippen molar-refractivity contribution >= 4 is 35.2 Å². The lowest BCUT2D eigenvalue weighted by Crippen LogP contribution is -2.51. The van der Waals surface area contributed by atoms with E-state index in [1.165, 1.54) is 18.9 Å². The SMILES string of the molecule is COC(=O)[C@H](c1ccccc1Cl)N1CCN(C(=O)c2cccnc2SC)CC1. The minimum Gasteiger partial charge on any atom is -0.468 e. The first-order valence-electron chi connectivity index (χ1n) is 8.91. The van der Waals surface area contributed by atoms with Gasteiger partial charge < -0.3 is 9.64 Å². The Morgan fingerprint density at radius 3 is 2.50 bits per heavy atom. The van der Waals surface area contributed by atoms with Gasteiger partial charge in [0.15, 0.2) is 0 Å². The number of rotatable bonds is 5. The van der Waals surface area contributed by atoms with Gasteiger partial charge in [0.05, 0.1) is 12.7 Å². The number of halogens is 1. The van der Waals surface area contributed by atoms with Crippen molar-refractivity contribution in [3.63, 3.8) is 0 Å². The second-order valence-electron chi connectivity index (χ2n) is 6.34. The summed E-state index contributed by atoms with van der Waals surface area (Å²) in [5.74, 6) is -0.394. The summed E-state index contributed by atoms with van der Waals surface area (Å²) in [4.78, 5) is 33.5. The van der Waals surface area contributed by atoms with Crippen LogP contribution in [0.4, 0.5) is 0 Å². The molecule has 1 saturated heterocycles. The molecular weight excluding hydrogens is 398 g/mol. The smallest absolute Gasteiger partial charge is 0.327 e. The van der Waals surface area contributed by atoms with Crippen molar-refractivity contribution in [1.82, 2.24) is 14.8 Å². The van der Waals surface area contributed by atoms with Crippen LogP contribution in [0.15, 0.2) is 47.6 Å². The number of pyridine rings is 1. The Bertz CT molecular complexity index is 856. The minimum absolute atomic E-state index is 0.0375. The highest BCUT2D eigenvalue weighted by Gasteiger charge is 2.34. The van der Waals surface area contributed by atoms with Gasteiger partial charge in [-0.3, -0.25) is 9.69 Å². The molecule has 2 heterocycles. The van der Waals surface area contributed by atoms with Crippen LogP contribution in [0.5, 0.6) is 0 Å². The number of esters is 1. The maximum atomic E-state index is 12.9. The van der Waals surface area contributed by atoms with E-state index in [1.807, 2.05) is 29.4 Å². The van der Waals surface area contributed by atoms with E-state index in [2.05, 4.69) is 4.98 Å². The van der Waals surface area contributed by atoms with Crippen LogP contribution in [0, 0.1) is 0 Å². The summed E-state index contributed by atoms with van der Waals surface area (Å²) in [5, 5.41) is 1.25. The maximum absolute atomic E-state index is 12.9. The van der Waals surface area contributed by atoms with Gasteiger partial charge in [-0.15, -0.1) is 11.8 Å². The van der Waals surface area contributed by atoms with Crippen LogP contribution < -0.4 is 0 Å². The topological polar surface area (TPSA) is 62.7 Å². The second kappa shape index (κ2) is 9.41. The van der Waals surface area contributed by atoms with Gasteiger partial charge in [0.25, 0.3) is 5.91 Å². The number of benzene rings is 1. The molecule has 1 amide bonds. The Hall–Kier alpha value is -2.09. The fraction of sp³-hybridized carbons (Fsp3) is 0.350. The van der Waals surface area contributed by atoms with Gasteiger partial charge in [0.2, 0.25) is 0 Å². The number of amides is 1. The molecule has 1 fully saturated rings. The lowest BCUT2D eigenvalue weighted by atomic mass is 10.0. The molecule has 0 saturated carbocycles. The summed E-state index contributed by atoms with van der Waals surface area (Å²) in [6.07, 6.45) is 3.59. The zero-order valence-electron chi connectivity index (χ0n) is 15.8. The van der Waals surface area contributed by atoms with E-state index in [0.29, 0.717) is 42.3 Å². The second-order valence-corrected chi connectivity index (χ2v) is 7.54. The number of thioether (sulfide) groups is 1. The summed E-state index contributed by atoms with van der Waals surface area (Å²) >= 11 is 7.78. The first-order chi connectivity index (χ1) is 13.6. The molecular formula is C20H22ClN3O3S. The third kappa shape index (κ3) is 4.32. The number of carbonyl (C=O) groups is 2. The van der Waals surface area contributed by atoms with Crippen LogP contribution >= 0.6 is 23.4 Å². The third-order valence-electron chi connectivity index (χ3n) is 4.79. The van der Waals surface area contributed by atoms with E-state index in [0.717, 1.165) is 5.03 Å².